The van der Waals surface area contributed by atoms with Gasteiger partial charge in [-0.05, 0) is 37.8 Å². The molecule has 1 atom stereocenters. The van der Waals surface area contributed by atoms with Gasteiger partial charge in [0.25, 0.3) is 0 Å². The molecule has 1 saturated carbocycles. The predicted octanol–water partition coefficient (Wildman–Crippen LogP) is 1.31. The van der Waals surface area contributed by atoms with Crippen LogP contribution in [0.2, 0.25) is 0 Å². The summed E-state index contributed by atoms with van der Waals surface area (Å²) in [6.45, 7) is 2.74. The summed E-state index contributed by atoms with van der Waals surface area (Å²) in [4.78, 5) is 11.9. The van der Waals surface area contributed by atoms with Crippen molar-refractivity contribution in [1.82, 2.24) is 5.32 Å². The summed E-state index contributed by atoms with van der Waals surface area (Å²) >= 11 is 0. The lowest BCUT2D eigenvalue weighted by Gasteiger charge is -2.23. The van der Waals surface area contributed by atoms with Crippen molar-refractivity contribution in [3.63, 3.8) is 0 Å². The average molecular weight is 248 g/mol. The van der Waals surface area contributed by atoms with Crippen molar-refractivity contribution >= 4 is 5.91 Å². The van der Waals surface area contributed by atoms with Crippen LogP contribution in [0.15, 0.2) is 30.3 Å². The number of nitrogens with two attached hydrogens (primary N) is 1. The predicted molar refractivity (Wildman–Crippen MR) is 70.3 cm³/mol. The van der Waals surface area contributed by atoms with E-state index in [2.05, 4.69) is 5.32 Å². The molecule has 0 heterocycles. The van der Waals surface area contributed by atoms with Gasteiger partial charge in [-0.25, -0.2) is 0 Å². The van der Waals surface area contributed by atoms with Crippen LogP contribution in [0.1, 0.15) is 19.8 Å². The Morgan fingerprint density at radius 1 is 1.44 bits per heavy atom. The fraction of sp³-hybridized carbons (Fsp3) is 0.500. The van der Waals surface area contributed by atoms with Crippen LogP contribution < -0.4 is 15.8 Å². The van der Waals surface area contributed by atoms with E-state index in [9.17, 15) is 4.79 Å². The standard InChI is InChI=1S/C14H20N2O2/c1-14(15,11-7-8-11)13(17)16-9-10-18-12-5-3-2-4-6-12/h2-6,11H,7-10,15H2,1H3,(H,16,17). The van der Waals surface area contributed by atoms with Gasteiger partial charge in [-0.3, -0.25) is 4.79 Å². The summed E-state index contributed by atoms with van der Waals surface area (Å²) in [6, 6.07) is 9.54. The van der Waals surface area contributed by atoms with Gasteiger partial charge in [-0.1, -0.05) is 18.2 Å². The molecular weight excluding hydrogens is 228 g/mol. The molecule has 1 unspecified atom stereocenters. The maximum absolute atomic E-state index is 11.9. The first-order chi connectivity index (χ1) is 8.60. The van der Waals surface area contributed by atoms with Gasteiger partial charge < -0.3 is 15.8 Å². The number of amides is 1. The number of nitrogens with one attached hydrogen (secondary N) is 1. The van der Waals surface area contributed by atoms with Gasteiger partial charge in [0.2, 0.25) is 5.91 Å². The molecule has 0 saturated heterocycles. The van der Waals surface area contributed by atoms with Crippen molar-refractivity contribution < 1.29 is 9.53 Å². The third-order valence-corrected chi connectivity index (χ3v) is 3.31. The molecule has 1 fully saturated rings. The third-order valence-electron chi connectivity index (χ3n) is 3.31. The molecule has 1 amide bonds. The van der Waals surface area contributed by atoms with Crippen LogP contribution in [0, 0.1) is 5.92 Å². The topological polar surface area (TPSA) is 64.4 Å². The fourth-order valence-electron chi connectivity index (χ4n) is 1.91. The van der Waals surface area contributed by atoms with E-state index in [0.717, 1.165) is 18.6 Å². The molecule has 18 heavy (non-hydrogen) atoms. The Balaban J connectivity index is 1.68. The van der Waals surface area contributed by atoms with Gasteiger partial charge in [-0.15, -0.1) is 0 Å². The first kappa shape index (κ1) is 12.9. The molecule has 0 radical (unpaired) electrons. The molecule has 0 bridgehead atoms. The van der Waals surface area contributed by atoms with E-state index in [0.29, 0.717) is 19.1 Å². The average Bonchev–Trinajstić information content (AvgIpc) is 3.20. The highest BCUT2D eigenvalue weighted by atomic mass is 16.5. The van der Waals surface area contributed by atoms with Crippen LogP contribution in [-0.2, 0) is 4.79 Å². The van der Waals surface area contributed by atoms with E-state index >= 15 is 0 Å². The maximum Gasteiger partial charge on any atom is 0.240 e. The number of rotatable bonds is 6. The quantitative estimate of drug-likeness (QED) is 0.746. The number of benzene rings is 1. The molecule has 0 aromatic heterocycles. The molecule has 2 rings (SSSR count). The van der Waals surface area contributed by atoms with Crippen molar-refractivity contribution in [2.45, 2.75) is 25.3 Å². The minimum absolute atomic E-state index is 0.0818. The van der Waals surface area contributed by atoms with E-state index in [1.165, 1.54) is 0 Å². The molecule has 1 aliphatic rings. The number of carbonyl (C=O) groups is 1. The lowest BCUT2D eigenvalue weighted by atomic mass is 9.96. The molecular formula is C14H20N2O2. The Labute approximate surface area is 108 Å². The summed E-state index contributed by atoms with van der Waals surface area (Å²) in [7, 11) is 0. The second-order valence-corrected chi connectivity index (χ2v) is 4.97. The van der Waals surface area contributed by atoms with E-state index in [1.807, 2.05) is 30.3 Å². The van der Waals surface area contributed by atoms with E-state index < -0.39 is 5.54 Å². The molecule has 3 N–H and O–H groups in total. The highest BCUT2D eigenvalue weighted by molar-refractivity contribution is 5.86. The van der Waals surface area contributed by atoms with Crippen LogP contribution in [0.5, 0.6) is 5.75 Å². The van der Waals surface area contributed by atoms with Crippen molar-refractivity contribution in [2.24, 2.45) is 11.7 Å². The zero-order valence-corrected chi connectivity index (χ0v) is 10.7. The number of carbonyl (C=O) groups excluding carboxylic acids is 1. The van der Waals surface area contributed by atoms with Gasteiger partial charge in [0.15, 0.2) is 0 Å². The minimum Gasteiger partial charge on any atom is -0.492 e. The molecule has 98 valence electrons. The second kappa shape index (κ2) is 5.40. The summed E-state index contributed by atoms with van der Waals surface area (Å²) in [5.74, 6) is 1.07. The minimum atomic E-state index is -0.729. The largest absolute Gasteiger partial charge is 0.492 e. The maximum atomic E-state index is 11.9. The lowest BCUT2D eigenvalue weighted by molar-refractivity contribution is -0.126. The molecule has 0 spiro atoms. The Hall–Kier alpha value is -1.55. The number of para-hydroxylation sites is 1. The summed E-state index contributed by atoms with van der Waals surface area (Å²) in [5.41, 5.74) is 5.28. The van der Waals surface area contributed by atoms with Crippen LogP contribution in [-0.4, -0.2) is 24.6 Å². The van der Waals surface area contributed by atoms with Crippen molar-refractivity contribution in [1.29, 1.82) is 0 Å². The number of hydrogen-bond donors (Lipinski definition) is 2. The normalized spacial score (nSPS) is 17.9. The summed E-state index contributed by atoms with van der Waals surface area (Å²) in [5, 5.41) is 2.83. The fourth-order valence-corrected chi connectivity index (χ4v) is 1.91. The Kier molecular flexibility index (Phi) is 3.87. The highest BCUT2D eigenvalue weighted by Crippen LogP contribution is 2.37. The molecule has 1 aromatic rings. The van der Waals surface area contributed by atoms with Crippen molar-refractivity contribution in [3.8, 4) is 5.75 Å². The highest BCUT2D eigenvalue weighted by Gasteiger charge is 2.43. The van der Waals surface area contributed by atoms with E-state index in [-0.39, 0.29) is 5.91 Å². The van der Waals surface area contributed by atoms with Crippen LogP contribution >= 0.6 is 0 Å². The second-order valence-electron chi connectivity index (χ2n) is 4.97. The Morgan fingerprint density at radius 2 is 2.11 bits per heavy atom. The lowest BCUT2D eigenvalue weighted by Crippen LogP contribution is -2.54. The molecule has 1 aromatic carbocycles. The van der Waals surface area contributed by atoms with Gasteiger partial charge in [0.05, 0.1) is 12.1 Å². The van der Waals surface area contributed by atoms with Crippen molar-refractivity contribution in [3.05, 3.63) is 30.3 Å². The van der Waals surface area contributed by atoms with E-state index in [1.54, 1.807) is 6.92 Å². The smallest absolute Gasteiger partial charge is 0.240 e. The van der Waals surface area contributed by atoms with Crippen LogP contribution in [0.25, 0.3) is 0 Å². The monoisotopic (exact) mass is 248 g/mol. The van der Waals surface area contributed by atoms with Gasteiger partial charge in [-0.2, -0.15) is 0 Å². The van der Waals surface area contributed by atoms with Gasteiger partial charge >= 0.3 is 0 Å². The summed E-state index contributed by atoms with van der Waals surface area (Å²) < 4.78 is 5.49. The number of ether oxygens (including phenoxy) is 1. The third kappa shape index (κ3) is 3.23. The first-order valence-corrected chi connectivity index (χ1v) is 6.36. The molecule has 4 nitrogen and oxygen atoms in total. The zero-order valence-electron chi connectivity index (χ0n) is 10.7. The summed E-state index contributed by atoms with van der Waals surface area (Å²) in [6.07, 6.45) is 2.11. The Morgan fingerprint density at radius 3 is 2.72 bits per heavy atom. The zero-order chi connectivity index (χ0) is 13.0. The molecule has 0 aliphatic heterocycles. The van der Waals surface area contributed by atoms with Crippen LogP contribution in [0.4, 0.5) is 0 Å². The molecule has 1 aliphatic carbocycles. The van der Waals surface area contributed by atoms with Gasteiger partial charge in [0.1, 0.15) is 12.4 Å². The number of hydrogen-bond acceptors (Lipinski definition) is 3. The van der Waals surface area contributed by atoms with Gasteiger partial charge in [0, 0.05) is 0 Å². The Bertz CT molecular complexity index is 400. The van der Waals surface area contributed by atoms with Crippen LogP contribution in [0.3, 0.4) is 0 Å². The molecule has 4 heteroatoms. The first-order valence-electron chi connectivity index (χ1n) is 6.36. The van der Waals surface area contributed by atoms with Crippen molar-refractivity contribution in [2.75, 3.05) is 13.2 Å². The SMILES string of the molecule is CC(N)(C(=O)NCCOc1ccccc1)C1CC1. The van der Waals surface area contributed by atoms with E-state index in [4.69, 9.17) is 10.5 Å².